The molecular weight excluding hydrogens is 270 g/mol. The summed E-state index contributed by atoms with van der Waals surface area (Å²) in [6.07, 6.45) is 0.343. The zero-order valence-electron chi connectivity index (χ0n) is 12.3. The highest BCUT2D eigenvalue weighted by Crippen LogP contribution is 2.21. The number of benzene rings is 1. The molecule has 1 aromatic carbocycles. The molecule has 1 atom stereocenters. The van der Waals surface area contributed by atoms with E-state index < -0.39 is 12.0 Å². The van der Waals surface area contributed by atoms with Gasteiger partial charge < -0.3 is 14.9 Å². The summed E-state index contributed by atoms with van der Waals surface area (Å²) in [5.74, 6) is -0.293. The van der Waals surface area contributed by atoms with Gasteiger partial charge in [-0.3, -0.25) is 0 Å². The first-order chi connectivity index (χ1) is 9.86. The van der Waals surface area contributed by atoms with E-state index in [-0.39, 0.29) is 11.4 Å². The number of anilines is 1. The van der Waals surface area contributed by atoms with E-state index in [4.69, 9.17) is 4.52 Å². The molecule has 0 amide bonds. The third kappa shape index (κ3) is 4.05. The van der Waals surface area contributed by atoms with E-state index in [9.17, 15) is 9.90 Å². The topological polar surface area (TPSA) is 88.2 Å². The van der Waals surface area contributed by atoms with Crippen molar-refractivity contribution >= 4 is 11.9 Å². The van der Waals surface area contributed by atoms with Crippen molar-refractivity contribution in [2.24, 2.45) is 0 Å². The van der Waals surface area contributed by atoms with E-state index in [0.29, 0.717) is 12.3 Å². The van der Waals surface area contributed by atoms with Crippen LogP contribution in [0.1, 0.15) is 32.2 Å². The predicted octanol–water partition coefficient (Wildman–Crippen LogP) is 2.47. The third-order valence-corrected chi connectivity index (χ3v) is 2.95. The quantitative estimate of drug-likeness (QED) is 0.879. The van der Waals surface area contributed by atoms with E-state index in [2.05, 4.69) is 15.5 Å². The van der Waals surface area contributed by atoms with Gasteiger partial charge in [-0.1, -0.05) is 51.1 Å². The average Bonchev–Trinajstić information content (AvgIpc) is 2.87. The largest absolute Gasteiger partial charge is 0.480 e. The van der Waals surface area contributed by atoms with Crippen LogP contribution in [0.3, 0.4) is 0 Å². The molecule has 0 bridgehead atoms. The zero-order chi connectivity index (χ0) is 15.5. The van der Waals surface area contributed by atoms with Crippen molar-refractivity contribution in [3.63, 3.8) is 0 Å². The fourth-order valence-electron chi connectivity index (χ4n) is 1.79. The van der Waals surface area contributed by atoms with Crippen LogP contribution >= 0.6 is 0 Å². The molecule has 112 valence electrons. The second-order valence-electron chi connectivity index (χ2n) is 5.90. The van der Waals surface area contributed by atoms with E-state index in [1.54, 1.807) is 0 Å². The first kappa shape index (κ1) is 15.0. The molecule has 0 saturated heterocycles. The van der Waals surface area contributed by atoms with Crippen LogP contribution in [0.25, 0.3) is 0 Å². The van der Waals surface area contributed by atoms with Crippen molar-refractivity contribution in [2.45, 2.75) is 38.6 Å². The summed E-state index contributed by atoms with van der Waals surface area (Å²) in [5, 5.41) is 15.9. The molecule has 0 saturated carbocycles. The van der Waals surface area contributed by atoms with Crippen LogP contribution in [0, 0.1) is 0 Å². The Kier molecular flexibility index (Phi) is 4.26. The maximum Gasteiger partial charge on any atom is 0.326 e. The van der Waals surface area contributed by atoms with Crippen molar-refractivity contribution < 1.29 is 14.4 Å². The summed E-state index contributed by atoms with van der Waals surface area (Å²) < 4.78 is 5.14. The molecule has 2 aromatic rings. The van der Waals surface area contributed by atoms with E-state index in [1.165, 1.54) is 0 Å². The molecule has 21 heavy (non-hydrogen) atoms. The smallest absolute Gasteiger partial charge is 0.326 e. The Labute approximate surface area is 123 Å². The van der Waals surface area contributed by atoms with Crippen LogP contribution in [0.5, 0.6) is 0 Å². The van der Waals surface area contributed by atoms with Gasteiger partial charge in [-0.25, -0.2) is 4.79 Å². The number of rotatable bonds is 5. The minimum atomic E-state index is -0.957. The fourth-order valence-corrected chi connectivity index (χ4v) is 1.79. The van der Waals surface area contributed by atoms with Gasteiger partial charge in [0.2, 0.25) is 5.89 Å². The maximum absolute atomic E-state index is 11.4. The Morgan fingerprint density at radius 1 is 1.33 bits per heavy atom. The minimum absolute atomic E-state index is 0.197. The van der Waals surface area contributed by atoms with Gasteiger partial charge in [0, 0.05) is 11.8 Å². The molecule has 2 rings (SSSR count). The SMILES string of the molecule is CC(C)(C)c1nc(N[C@@H](Cc2ccccc2)C(=O)O)no1. The maximum atomic E-state index is 11.4. The van der Waals surface area contributed by atoms with Crippen molar-refractivity contribution in [2.75, 3.05) is 5.32 Å². The lowest BCUT2D eigenvalue weighted by Crippen LogP contribution is -2.32. The summed E-state index contributed by atoms with van der Waals surface area (Å²) >= 11 is 0. The lowest BCUT2D eigenvalue weighted by atomic mass is 9.97. The third-order valence-electron chi connectivity index (χ3n) is 2.95. The van der Waals surface area contributed by atoms with Crippen LogP contribution < -0.4 is 5.32 Å². The number of nitrogens with zero attached hydrogens (tertiary/aromatic N) is 2. The van der Waals surface area contributed by atoms with Gasteiger partial charge in [0.05, 0.1) is 0 Å². The van der Waals surface area contributed by atoms with Crippen LogP contribution in [-0.4, -0.2) is 27.3 Å². The first-order valence-electron chi connectivity index (χ1n) is 6.74. The minimum Gasteiger partial charge on any atom is -0.480 e. The summed E-state index contributed by atoms with van der Waals surface area (Å²) in [5.41, 5.74) is 0.655. The molecule has 0 aliphatic carbocycles. The molecule has 0 spiro atoms. The molecular formula is C15H19N3O3. The molecule has 0 radical (unpaired) electrons. The van der Waals surface area contributed by atoms with Crippen molar-refractivity contribution in [3.05, 3.63) is 41.8 Å². The zero-order valence-corrected chi connectivity index (χ0v) is 12.3. The monoisotopic (exact) mass is 289 g/mol. The fraction of sp³-hybridized carbons (Fsp3) is 0.400. The number of aliphatic carboxylic acids is 1. The summed E-state index contributed by atoms with van der Waals surface area (Å²) in [6, 6.07) is 8.60. The van der Waals surface area contributed by atoms with Gasteiger partial charge in [-0.15, -0.1) is 0 Å². The van der Waals surface area contributed by atoms with Crippen molar-refractivity contribution in [1.29, 1.82) is 0 Å². The molecule has 1 aromatic heterocycles. The van der Waals surface area contributed by atoms with E-state index >= 15 is 0 Å². The van der Waals surface area contributed by atoms with E-state index in [0.717, 1.165) is 5.56 Å². The Morgan fingerprint density at radius 2 is 2.00 bits per heavy atom. The predicted molar refractivity (Wildman–Crippen MR) is 78.2 cm³/mol. The molecule has 1 heterocycles. The first-order valence-corrected chi connectivity index (χ1v) is 6.74. The number of aromatic nitrogens is 2. The number of carboxylic acid groups (broad SMARTS) is 1. The Hall–Kier alpha value is -2.37. The van der Waals surface area contributed by atoms with Crippen molar-refractivity contribution in [3.8, 4) is 0 Å². The van der Waals surface area contributed by atoms with Gasteiger partial charge in [0.1, 0.15) is 6.04 Å². The number of hydrogen-bond acceptors (Lipinski definition) is 5. The highest BCUT2D eigenvalue weighted by atomic mass is 16.5. The Morgan fingerprint density at radius 3 is 2.52 bits per heavy atom. The lowest BCUT2D eigenvalue weighted by molar-refractivity contribution is -0.137. The second kappa shape index (κ2) is 5.95. The Bertz CT molecular complexity index is 602. The molecule has 6 nitrogen and oxygen atoms in total. The van der Waals surface area contributed by atoms with Gasteiger partial charge in [0.25, 0.3) is 5.95 Å². The van der Waals surface area contributed by atoms with Crippen LogP contribution in [0.15, 0.2) is 34.9 Å². The number of nitrogens with one attached hydrogen (secondary N) is 1. The summed E-state index contributed by atoms with van der Waals surface area (Å²) in [6.45, 7) is 5.84. The average molecular weight is 289 g/mol. The molecule has 2 N–H and O–H groups in total. The number of carboxylic acids is 1. The number of hydrogen-bond donors (Lipinski definition) is 2. The van der Waals surface area contributed by atoms with Gasteiger partial charge in [-0.2, -0.15) is 4.98 Å². The van der Waals surface area contributed by atoms with Gasteiger partial charge in [0.15, 0.2) is 0 Å². The van der Waals surface area contributed by atoms with Crippen LogP contribution in [-0.2, 0) is 16.6 Å². The van der Waals surface area contributed by atoms with Gasteiger partial charge >= 0.3 is 5.97 Å². The lowest BCUT2D eigenvalue weighted by Gasteiger charge is -2.13. The van der Waals surface area contributed by atoms with Gasteiger partial charge in [-0.05, 0) is 10.7 Å². The van der Waals surface area contributed by atoms with Crippen molar-refractivity contribution in [1.82, 2.24) is 10.1 Å². The highest BCUT2D eigenvalue weighted by molar-refractivity contribution is 5.76. The molecule has 0 fully saturated rings. The number of carbonyl (C=O) groups is 1. The van der Waals surface area contributed by atoms with E-state index in [1.807, 2.05) is 51.1 Å². The van der Waals surface area contributed by atoms with Crippen LogP contribution in [0.2, 0.25) is 0 Å². The molecule has 0 aliphatic heterocycles. The standard InChI is InChI=1S/C15H19N3O3/c1-15(2,3)13-17-14(18-21-13)16-11(12(19)20)9-10-7-5-4-6-8-10/h4-8,11H,9H2,1-3H3,(H,16,18)(H,19,20)/t11-/m0/s1. The molecule has 0 aliphatic rings. The normalized spacial score (nSPS) is 12.9. The van der Waals surface area contributed by atoms with Crippen LogP contribution in [0.4, 0.5) is 5.95 Å². The summed E-state index contributed by atoms with van der Waals surface area (Å²) in [7, 11) is 0. The Balaban J connectivity index is 2.10. The molecule has 6 heteroatoms. The highest BCUT2D eigenvalue weighted by Gasteiger charge is 2.24. The summed E-state index contributed by atoms with van der Waals surface area (Å²) in [4.78, 5) is 15.6. The second-order valence-corrected chi connectivity index (χ2v) is 5.90. The molecule has 0 unspecified atom stereocenters.